The average Bonchev–Trinajstić information content (AvgIpc) is 2.52. The van der Waals surface area contributed by atoms with Gasteiger partial charge in [-0.3, -0.25) is 9.59 Å². The molecule has 0 aromatic carbocycles. The summed E-state index contributed by atoms with van der Waals surface area (Å²) in [7, 11) is 0. The van der Waals surface area contributed by atoms with E-state index in [1.54, 1.807) is 4.90 Å². The van der Waals surface area contributed by atoms with E-state index in [2.05, 4.69) is 6.92 Å². The Bertz CT molecular complexity index is 314. The molecule has 0 aromatic heterocycles. The van der Waals surface area contributed by atoms with E-state index in [0.717, 1.165) is 12.8 Å². The summed E-state index contributed by atoms with van der Waals surface area (Å²) in [5.74, 6) is -1.21. The number of nitrogens with zero attached hydrogens (tertiary/aromatic N) is 1. The second kappa shape index (κ2) is 14.5. The molecule has 0 rings (SSSR count). The van der Waals surface area contributed by atoms with Gasteiger partial charge in [-0.25, -0.2) is 0 Å². The number of hydrogen-bond acceptors (Lipinski definition) is 2. The Morgan fingerprint density at radius 2 is 1.30 bits per heavy atom. The summed E-state index contributed by atoms with van der Waals surface area (Å²) >= 11 is 0. The molecule has 0 aliphatic heterocycles. The first-order chi connectivity index (χ1) is 11.1. The van der Waals surface area contributed by atoms with Gasteiger partial charge in [0.1, 0.15) is 0 Å². The van der Waals surface area contributed by atoms with Crippen LogP contribution in [-0.4, -0.2) is 35.0 Å². The molecular formula is C19H37NO3. The van der Waals surface area contributed by atoms with E-state index in [-0.39, 0.29) is 18.2 Å². The van der Waals surface area contributed by atoms with Crippen LogP contribution in [0.2, 0.25) is 0 Å². The van der Waals surface area contributed by atoms with Crippen molar-refractivity contribution in [3.63, 3.8) is 0 Å². The van der Waals surface area contributed by atoms with Gasteiger partial charge in [-0.15, -0.1) is 0 Å². The lowest BCUT2D eigenvalue weighted by Gasteiger charge is -2.24. The fourth-order valence-corrected chi connectivity index (χ4v) is 3.02. The molecule has 0 radical (unpaired) electrons. The number of amides is 1. The zero-order chi connectivity index (χ0) is 17.5. The molecule has 1 unspecified atom stereocenters. The highest BCUT2D eigenvalue weighted by atomic mass is 16.4. The maximum Gasteiger partial charge on any atom is 0.304 e. The molecule has 0 saturated heterocycles. The third-order valence-corrected chi connectivity index (χ3v) is 4.50. The molecule has 0 bridgehead atoms. The molecule has 136 valence electrons. The van der Waals surface area contributed by atoms with Crippen molar-refractivity contribution in [2.75, 3.05) is 13.1 Å². The summed E-state index contributed by atoms with van der Waals surface area (Å²) in [6, 6.07) is 0. The number of rotatable bonds is 15. The summed E-state index contributed by atoms with van der Waals surface area (Å²) < 4.78 is 0. The summed E-state index contributed by atoms with van der Waals surface area (Å²) in [5, 5.41) is 9.03. The van der Waals surface area contributed by atoms with Crippen LogP contribution in [0.25, 0.3) is 0 Å². The average molecular weight is 328 g/mol. The fourth-order valence-electron chi connectivity index (χ4n) is 3.02. The SMILES string of the molecule is CCCCCCCCCCCC(CC(=O)O)C(=O)N(CC)CC. The molecule has 0 aromatic rings. The van der Waals surface area contributed by atoms with Crippen LogP contribution in [0.3, 0.4) is 0 Å². The molecule has 0 heterocycles. The van der Waals surface area contributed by atoms with Gasteiger partial charge in [0, 0.05) is 19.0 Å². The lowest BCUT2D eigenvalue weighted by molar-refractivity contribution is -0.144. The topological polar surface area (TPSA) is 57.6 Å². The molecule has 0 spiro atoms. The lowest BCUT2D eigenvalue weighted by Crippen LogP contribution is -2.36. The third kappa shape index (κ3) is 11.2. The minimum Gasteiger partial charge on any atom is -0.481 e. The first-order valence-corrected chi connectivity index (χ1v) is 9.57. The number of unbranched alkanes of at least 4 members (excludes halogenated alkanes) is 8. The maximum absolute atomic E-state index is 12.4. The highest BCUT2D eigenvalue weighted by molar-refractivity contribution is 5.83. The van der Waals surface area contributed by atoms with Crippen molar-refractivity contribution in [1.29, 1.82) is 0 Å². The first kappa shape index (κ1) is 21.9. The third-order valence-electron chi connectivity index (χ3n) is 4.50. The monoisotopic (exact) mass is 327 g/mol. The van der Waals surface area contributed by atoms with Gasteiger partial charge >= 0.3 is 5.97 Å². The maximum atomic E-state index is 12.4. The minimum absolute atomic E-state index is 0.0111. The molecule has 4 heteroatoms. The zero-order valence-corrected chi connectivity index (χ0v) is 15.5. The Morgan fingerprint density at radius 3 is 1.74 bits per heavy atom. The van der Waals surface area contributed by atoms with Crippen LogP contribution in [0, 0.1) is 5.92 Å². The van der Waals surface area contributed by atoms with Crippen LogP contribution in [0.5, 0.6) is 0 Å². The van der Waals surface area contributed by atoms with Crippen molar-refractivity contribution in [3.05, 3.63) is 0 Å². The number of carboxylic acids is 1. The summed E-state index contributed by atoms with van der Waals surface area (Å²) in [6.07, 6.45) is 11.8. The Hall–Kier alpha value is -1.06. The van der Waals surface area contributed by atoms with E-state index in [9.17, 15) is 9.59 Å². The van der Waals surface area contributed by atoms with Gasteiger partial charge in [-0.05, 0) is 20.3 Å². The molecule has 4 nitrogen and oxygen atoms in total. The summed E-state index contributed by atoms with van der Waals surface area (Å²) in [6.45, 7) is 7.43. The van der Waals surface area contributed by atoms with Crippen LogP contribution in [0.4, 0.5) is 0 Å². The Kier molecular flexibility index (Phi) is 13.9. The van der Waals surface area contributed by atoms with E-state index in [1.165, 1.54) is 44.9 Å². The van der Waals surface area contributed by atoms with Gasteiger partial charge in [0.15, 0.2) is 0 Å². The second-order valence-electron chi connectivity index (χ2n) is 6.42. The second-order valence-corrected chi connectivity index (χ2v) is 6.42. The van der Waals surface area contributed by atoms with Gasteiger partial charge in [0.2, 0.25) is 5.91 Å². The molecule has 1 atom stereocenters. The van der Waals surface area contributed by atoms with Gasteiger partial charge in [-0.2, -0.15) is 0 Å². The van der Waals surface area contributed by atoms with Crippen molar-refractivity contribution in [1.82, 2.24) is 4.90 Å². The minimum atomic E-state index is -0.869. The van der Waals surface area contributed by atoms with Crippen molar-refractivity contribution in [3.8, 4) is 0 Å². The quantitative estimate of drug-likeness (QED) is 0.437. The lowest BCUT2D eigenvalue weighted by atomic mass is 9.95. The fraction of sp³-hybridized carbons (Fsp3) is 0.895. The van der Waals surface area contributed by atoms with E-state index in [0.29, 0.717) is 19.5 Å². The van der Waals surface area contributed by atoms with E-state index in [1.807, 2.05) is 13.8 Å². The summed E-state index contributed by atoms with van der Waals surface area (Å²) in [4.78, 5) is 25.1. The molecule has 0 fully saturated rings. The van der Waals surface area contributed by atoms with Crippen molar-refractivity contribution < 1.29 is 14.7 Å². The van der Waals surface area contributed by atoms with Crippen molar-refractivity contribution in [2.45, 2.75) is 91.4 Å². The Morgan fingerprint density at radius 1 is 0.826 bits per heavy atom. The van der Waals surface area contributed by atoms with Gasteiger partial charge < -0.3 is 10.0 Å². The summed E-state index contributed by atoms with van der Waals surface area (Å²) in [5.41, 5.74) is 0. The van der Waals surface area contributed by atoms with Crippen LogP contribution >= 0.6 is 0 Å². The molecule has 1 amide bonds. The van der Waals surface area contributed by atoms with E-state index >= 15 is 0 Å². The standard InChI is InChI=1S/C19H37NO3/c1-4-7-8-9-10-11-12-13-14-15-17(16-18(21)22)19(23)20(5-2)6-3/h17H,4-16H2,1-3H3,(H,21,22). The van der Waals surface area contributed by atoms with Crippen LogP contribution < -0.4 is 0 Å². The molecule has 1 N–H and O–H groups in total. The Balaban J connectivity index is 3.97. The molecule has 23 heavy (non-hydrogen) atoms. The smallest absolute Gasteiger partial charge is 0.304 e. The highest BCUT2D eigenvalue weighted by Crippen LogP contribution is 2.18. The molecular weight excluding hydrogens is 290 g/mol. The van der Waals surface area contributed by atoms with E-state index in [4.69, 9.17) is 5.11 Å². The van der Waals surface area contributed by atoms with Crippen LogP contribution in [0.1, 0.15) is 91.4 Å². The van der Waals surface area contributed by atoms with Gasteiger partial charge in [0.05, 0.1) is 6.42 Å². The molecule has 0 aliphatic carbocycles. The predicted molar refractivity (Wildman–Crippen MR) is 95.5 cm³/mol. The molecule has 0 saturated carbocycles. The van der Waals surface area contributed by atoms with Crippen LogP contribution in [-0.2, 0) is 9.59 Å². The number of aliphatic carboxylic acids is 1. The van der Waals surface area contributed by atoms with E-state index < -0.39 is 5.97 Å². The normalized spacial score (nSPS) is 12.1. The number of carbonyl (C=O) groups excluding carboxylic acids is 1. The van der Waals surface area contributed by atoms with Crippen molar-refractivity contribution >= 4 is 11.9 Å². The largest absolute Gasteiger partial charge is 0.481 e. The number of carboxylic acid groups (broad SMARTS) is 1. The number of carbonyl (C=O) groups is 2. The van der Waals surface area contributed by atoms with Gasteiger partial charge in [0.25, 0.3) is 0 Å². The molecule has 0 aliphatic rings. The van der Waals surface area contributed by atoms with Gasteiger partial charge in [-0.1, -0.05) is 64.7 Å². The number of hydrogen-bond donors (Lipinski definition) is 1. The zero-order valence-electron chi connectivity index (χ0n) is 15.5. The first-order valence-electron chi connectivity index (χ1n) is 9.57. The highest BCUT2D eigenvalue weighted by Gasteiger charge is 2.24. The Labute approximate surface area is 142 Å². The van der Waals surface area contributed by atoms with Crippen molar-refractivity contribution in [2.24, 2.45) is 5.92 Å². The predicted octanol–water partition coefficient (Wildman–Crippen LogP) is 4.87. The van der Waals surface area contributed by atoms with Crippen LogP contribution in [0.15, 0.2) is 0 Å².